The van der Waals surface area contributed by atoms with E-state index in [1.165, 1.54) is 92.8 Å². The smallest absolute Gasteiger partial charge is 0.0979 e. The van der Waals surface area contributed by atoms with Crippen LogP contribution in [0.3, 0.4) is 0 Å². The monoisotopic (exact) mass is 721 g/mol. The predicted octanol–water partition coefficient (Wildman–Crippen LogP) is 14.3. The minimum Gasteiger partial charge on any atom is -0.308 e. The van der Waals surface area contributed by atoms with Gasteiger partial charge in [-0.3, -0.25) is 0 Å². The maximum atomic E-state index is 5.15. The van der Waals surface area contributed by atoms with E-state index >= 15 is 0 Å². The molecule has 2 aromatic heterocycles. The average Bonchev–Trinajstić information content (AvgIpc) is 3.77. The van der Waals surface area contributed by atoms with Crippen LogP contribution < -0.4 is 0 Å². The third-order valence-electron chi connectivity index (χ3n) is 12.3. The van der Waals surface area contributed by atoms with Crippen LogP contribution >= 0.6 is 0 Å². The molecule has 1 aliphatic carbocycles. The van der Waals surface area contributed by atoms with Gasteiger partial charge in [0.1, 0.15) is 0 Å². The molecule has 3 nitrogen and oxygen atoms in total. The first-order valence-electron chi connectivity index (χ1n) is 19.6. The molecule has 0 atom stereocenters. The summed E-state index contributed by atoms with van der Waals surface area (Å²) in [6.07, 6.45) is 0. The number of nitrogens with zero attached hydrogens (tertiary/aromatic N) is 3. The van der Waals surface area contributed by atoms with E-state index in [1.54, 1.807) is 0 Å². The van der Waals surface area contributed by atoms with E-state index in [0.29, 0.717) is 0 Å². The molecule has 0 saturated carbocycles. The molecular formula is C54H31N3. The summed E-state index contributed by atoms with van der Waals surface area (Å²) in [5.74, 6) is 0. The van der Waals surface area contributed by atoms with Crippen molar-refractivity contribution >= 4 is 75.9 Å². The van der Waals surface area contributed by atoms with Gasteiger partial charge in [-0.1, -0.05) is 152 Å². The summed E-state index contributed by atoms with van der Waals surface area (Å²) in [7, 11) is 0. The van der Waals surface area contributed by atoms with Crippen molar-refractivity contribution in [3.63, 3.8) is 0 Å². The van der Waals surface area contributed by atoms with Crippen LogP contribution in [-0.4, -0.2) is 14.5 Å². The van der Waals surface area contributed by atoms with Gasteiger partial charge < -0.3 is 4.57 Å². The summed E-state index contributed by atoms with van der Waals surface area (Å²) in [6, 6.07) is 68.7. The van der Waals surface area contributed by atoms with E-state index in [4.69, 9.17) is 9.97 Å². The molecule has 0 radical (unpaired) electrons. The molecular weight excluding hydrogens is 691 g/mol. The summed E-state index contributed by atoms with van der Waals surface area (Å²) in [4.78, 5) is 10.3. The molecule has 13 rings (SSSR count). The van der Waals surface area contributed by atoms with Crippen molar-refractivity contribution in [1.82, 2.24) is 14.5 Å². The largest absolute Gasteiger partial charge is 0.308 e. The van der Waals surface area contributed by atoms with Crippen LogP contribution in [0.5, 0.6) is 0 Å². The first-order valence-corrected chi connectivity index (χ1v) is 19.6. The van der Waals surface area contributed by atoms with Gasteiger partial charge in [-0.05, 0) is 85.6 Å². The van der Waals surface area contributed by atoms with Gasteiger partial charge in [-0.25, -0.2) is 9.97 Å². The molecule has 0 aliphatic heterocycles. The first kappa shape index (κ1) is 30.7. The van der Waals surface area contributed by atoms with Crippen molar-refractivity contribution < 1.29 is 0 Å². The molecule has 10 aromatic carbocycles. The Kier molecular flexibility index (Phi) is 6.16. The average molecular weight is 722 g/mol. The maximum Gasteiger partial charge on any atom is 0.0979 e. The number of benzene rings is 10. The molecule has 0 bridgehead atoms. The Balaban J connectivity index is 1.15. The lowest BCUT2D eigenvalue weighted by molar-refractivity contribution is 1.21. The van der Waals surface area contributed by atoms with E-state index in [9.17, 15) is 0 Å². The van der Waals surface area contributed by atoms with Crippen LogP contribution in [0.1, 0.15) is 0 Å². The second-order valence-corrected chi connectivity index (χ2v) is 15.3. The Labute approximate surface area is 327 Å². The topological polar surface area (TPSA) is 30.7 Å². The van der Waals surface area contributed by atoms with Gasteiger partial charge in [0.05, 0.1) is 39.1 Å². The Morgan fingerprint density at radius 2 is 0.895 bits per heavy atom. The third kappa shape index (κ3) is 4.26. The summed E-state index contributed by atoms with van der Waals surface area (Å²) in [5.41, 5.74) is 14.5. The molecule has 0 unspecified atom stereocenters. The Bertz CT molecular complexity index is 3600. The molecule has 0 saturated heterocycles. The molecule has 2 heterocycles. The highest BCUT2D eigenvalue weighted by atomic mass is 15.0. The lowest BCUT2D eigenvalue weighted by atomic mass is 9.87. The van der Waals surface area contributed by atoms with Gasteiger partial charge in [0, 0.05) is 38.1 Å². The zero-order valence-corrected chi connectivity index (χ0v) is 30.7. The first-order chi connectivity index (χ1) is 28.3. The van der Waals surface area contributed by atoms with Crippen molar-refractivity contribution in [1.29, 1.82) is 0 Å². The summed E-state index contributed by atoms with van der Waals surface area (Å²) in [5, 5.41) is 12.3. The molecule has 3 heteroatoms. The molecule has 0 fully saturated rings. The second-order valence-electron chi connectivity index (χ2n) is 15.3. The molecule has 0 spiro atoms. The number of hydrogen-bond acceptors (Lipinski definition) is 2. The van der Waals surface area contributed by atoms with Crippen LogP contribution in [0.2, 0.25) is 0 Å². The van der Waals surface area contributed by atoms with E-state index in [2.05, 4.69) is 180 Å². The standard InChI is InChI=1S/C54H31N3/c1-2-13-33-30-35(25-24-32(33)12-1)50-40-16-3-4-17-42(40)54(57-48-22-9-5-14-37(48)38-15-6-10-23-49(38)57)45-31-34(26-27-41(45)50)36-28-29-44-51-39(36)18-11-19-43(51)52-53(44)56-47-21-8-7-20-46(47)55-52/h1-31H. The highest BCUT2D eigenvalue weighted by molar-refractivity contribution is 6.23. The van der Waals surface area contributed by atoms with E-state index < -0.39 is 0 Å². The second kappa shape index (κ2) is 11.5. The summed E-state index contributed by atoms with van der Waals surface area (Å²) >= 11 is 0. The zero-order valence-electron chi connectivity index (χ0n) is 30.7. The lowest BCUT2D eigenvalue weighted by Crippen LogP contribution is -1.99. The van der Waals surface area contributed by atoms with Gasteiger partial charge in [0.15, 0.2) is 0 Å². The minimum absolute atomic E-state index is 0.919. The SMILES string of the molecule is c1ccc2cc(-c3c4ccccc4c(-n4c5ccccc5c5ccccc54)c4cc(-c5ccc6c7c(cccc57)-c5nc7ccccc7nc5-6)ccc34)ccc2c1. The minimum atomic E-state index is 0.919. The van der Waals surface area contributed by atoms with Crippen molar-refractivity contribution in [3.8, 4) is 50.5 Å². The fraction of sp³-hybridized carbons (Fsp3) is 0. The highest BCUT2D eigenvalue weighted by Gasteiger charge is 2.27. The number of para-hydroxylation sites is 4. The molecule has 0 N–H and O–H groups in total. The quantitative estimate of drug-likeness (QED) is 0.170. The van der Waals surface area contributed by atoms with Crippen LogP contribution in [0.4, 0.5) is 0 Å². The molecule has 57 heavy (non-hydrogen) atoms. The number of hydrogen-bond donors (Lipinski definition) is 0. The molecule has 0 amide bonds. The van der Waals surface area contributed by atoms with Crippen molar-refractivity contribution in [3.05, 3.63) is 188 Å². The van der Waals surface area contributed by atoms with Gasteiger partial charge >= 0.3 is 0 Å². The summed E-state index contributed by atoms with van der Waals surface area (Å²) in [6.45, 7) is 0. The van der Waals surface area contributed by atoms with Crippen molar-refractivity contribution in [2.45, 2.75) is 0 Å². The van der Waals surface area contributed by atoms with Gasteiger partial charge in [0.25, 0.3) is 0 Å². The third-order valence-corrected chi connectivity index (χ3v) is 12.3. The number of fused-ring (bicyclic) bond motifs is 10. The Morgan fingerprint density at radius 3 is 1.65 bits per heavy atom. The van der Waals surface area contributed by atoms with Gasteiger partial charge in [-0.2, -0.15) is 0 Å². The molecule has 1 aliphatic rings. The lowest BCUT2D eigenvalue weighted by Gasteiger charge is -2.21. The fourth-order valence-corrected chi connectivity index (χ4v) is 9.81. The highest BCUT2D eigenvalue weighted by Crippen LogP contribution is 2.50. The van der Waals surface area contributed by atoms with Crippen LogP contribution in [0.15, 0.2) is 188 Å². The van der Waals surface area contributed by atoms with Crippen molar-refractivity contribution in [2.75, 3.05) is 0 Å². The maximum absolute atomic E-state index is 5.15. The summed E-state index contributed by atoms with van der Waals surface area (Å²) < 4.78 is 2.51. The van der Waals surface area contributed by atoms with E-state index in [-0.39, 0.29) is 0 Å². The normalized spacial score (nSPS) is 12.2. The van der Waals surface area contributed by atoms with Gasteiger partial charge in [0.2, 0.25) is 0 Å². The number of rotatable bonds is 3. The van der Waals surface area contributed by atoms with Crippen LogP contribution in [0, 0.1) is 0 Å². The zero-order chi connectivity index (χ0) is 37.2. The van der Waals surface area contributed by atoms with Crippen LogP contribution in [0.25, 0.3) is 126 Å². The number of aromatic nitrogens is 3. The Hall–Kier alpha value is -7.62. The van der Waals surface area contributed by atoms with E-state index in [1.807, 2.05) is 12.1 Å². The van der Waals surface area contributed by atoms with Gasteiger partial charge in [-0.15, -0.1) is 0 Å². The predicted molar refractivity (Wildman–Crippen MR) is 239 cm³/mol. The van der Waals surface area contributed by atoms with E-state index in [0.717, 1.165) is 33.5 Å². The molecule has 262 valence electrons. The Morgan fingerprint density at radius 1 is 0.333 bits per heavy atom. The molecule has 12 aromatic rings. The fourth-order valence-electron chi connectivity index (χ4n) is 9.81. The van der Waals surface area contributed by atoms with Crippen LogP contribution in [-0.2, 0) is 0 Å². The van der Waals surface area contributed by atoms with Crippen molar-refractivity contribution in [2.24, 2.45) is 0 Å².